The predicted octanol–water partition coefficient (Wildman–Crippen LogP) is 3.49. The molecule has 2 nitrogen and oxygen atoms in total. The summed E-state index contributed by atoms with van der Waals surface area (Å²) in [6, 6.07) is 8.30. The Morgan fingerprint density at radius 2 is 2.12 bits per heavy atom. The number of benzene rings is 1. The summed E-state index contributed by atoms with van der Waals surface area (Å²) >= 11 is 0. The molecule has 0 saturated carbocycles. The molecular weight excluding hydrogens is 208 g/mol. The van der Waals surface area contributed by atoms with E-state index in [0.29, 0.717) is 0 Å². The highest BCUT2D eigenvalue weighted by Crippen LogP contribution is 2.18. The average molecular weight is 228 g/mol. The van der Waals surface area contributed by atoms with Gasteiger partial charge >= 0.3 is 0 Å². The third-order valence-electron chi connectivity index (χ3n) is 2.53. The molecule has 17 heavy (non-hydrogen) atoms. The minimum atomic E-state index is 0.845. The Balaban J connectivity index is 2.93. The fraction of sp³-hybridized carbons (Fsp3) is 0.200. The Morgan fingerprint density at radius 1 is 1.41 bits per heavy atom. The van der Waals surface area contributed by atoms with Crippen molar-refractivity contribution in [3.8, 4) is 0 Å². The molecule has 1 rings (SSSR count). The Hall–Kier alpha value is -1.96. The van der Waals surface area contributed by atoms with Crippen molar-refractivity contribution < 1.29 is 0 Å². The molecule has 90 valence electrons. The second kappa shape index (κ2) is 6.59. The molecule has 0 aliphatic carbocycles. The third-order valence-corrected chi connectivity index (χ3v) is 2.53. The van der Waals surface area contributed by atoms with E-state index in [9.17, 15) is 0 Å². The fourth-order valence-electron chi connectivity index (χ4n) is 1.61. The zero-order valence-electron chi connectivity index (χ0n) is 10.5. The van der Waals surface area contributed by atoms with Crippen molar-refractivity contribution >= 4 is 11.3 Å². The van der Waals surface area contributed by atoms with Crippen LogP contribution >= 0.6 is 0 Å². The van der Waals surface area contributed by atoms with Crippen molar-refractivity contribution in [3.05, 3.63) is 60.4 Å². The number of nitrogens with one attached hydrogen (secondary N) is 1. The van der Waals surface area contributed by atoms with Gasteiger partial charge in [0.1, 0.15) is 0 Å². The van der Waals surface area contributed by atoms with Gasteiger partial charge in [-0.15, -0.1) is 0 Å². The van der Waals surface area contributed by atoms with Gasteiger partial charge < -0.3 is 11.1 Å². The van der Waals surface area contributed by atoms with Crippen LogP contribution in [0.4, 0.5) is 0 Å². The standard InChI is InChI=1S/C15H20N2/c1-4-6-12(2)14-7-5-8-15(11-14)13(3)17-10-9-16/h5-11,17H,3-4,16H2,1-2H3/b10-9-,12-6+. The molecule has 0 aliphatic rings. The third kappa shape index (κ3) is 3.83. The summed E-state index contributed by atoms with van der Waals surface area (Å²) in [6.07, 6.45) is 6.39. The zero-order valence-corrected chi connectivity index (χ0v) is 10.5. The van der Waals surface area contributed by atoms with Gasteiger partial charge in [0, 0.05) is 18.1 Å². The van der Waals surface area contributed by atoms with E-state index in [1.807, 2.05) is 12.1 Å². The Kier molecular flexibility index (Phi) is 5.08. The first-order valence-corrected chi connectivity index (χ1v) is 5.78. The van der Waals surface area contributed by atoms with E-state index in [-0.39, 0.29) is 0 Å². The summed E-state index contributed by atoms with van der Waals surface area (Å²) in [5.41, 5.74) is 9.71. The highest BCUT2D eigenvalue weighted by molar-refractivity contribution is 5.70. The lowest BCUT2D eigenvalue weighted by Gasteiger charge is -2.08. The molecule has 0 bridgehead atoms. The van der Waals surface area contributed by atoms with Crippen molar-refractivity contribution in [2.45, 2.75) is 20.3 Å². The molecule has 0 heterocycles. The number of allylic oxidation sites excluding steroid dienone is 2. The SMILES string of the molecule is C=C(N/C=C\N)c1cccc(/C(C)=C/CC)c1. The maximum atomic E-state index is 5.28. The average Bonchev–Trinajstić information content (AvgIpc) is 2.36. The smallest absolute Gasteiger partial charge is 0.0380 e. The van der Waals surface area contributed by atoms with Crippen LogP contribution in [0.1, 0.15) is 31.4 Å². The van der Waals surface area contributed by atoms with Gasteiger partial charge in [-0.25, -0.2) is 0 Å². The molecule has 0 fully saturated rings. The largest absolute Gasteiger partial charge is 0.403 e. The first-order valence-electron chi connectivity index (χ1n) is 5.78. The molecule has 0 atom stereocenters. The van der Waals surface area contributed by atoms with Crippen LogP contribution in [-0.2, 0) is 0 Å². The minimum absolute atomic E-state index is 0.845. The Bertz CT molecular complexity index is 442. The van der Waals surface area contributed by atoms with E-state index in [2.05, 4.69) is 44.0 Å². The Morgan fingerprint density at radius 3 is 2.76 bits per heavy atom. The summed E-state index contributed by atoms with van der Waals surface area (Å²) in [5.74, 6) is 0. The molecule has 1 aromatic carbocycles. The van der Waals surface area contributed by atoms with Crippen LogP contribution in [0.2, 0.25) is 0 Å². The van der Waals surface area contributed by atoms with E-state index in [4.69, 9.17) is 5.73 Å². The fourth-order valence-corrected chi connectivity index (χ4v) is 1.61. The molecule has 0 spiro atoms. The molecule has 0 saturated heterocycles. The van der Waals surface area contributed by atoms with Gasteiger partial charge in [0.05, 0.1) is 0 Å². The van der Waals surface area contributed by atoms with Crippen LogP contribution in [0.25, 0.3) is 11.3 Å². The lowest BCUT2D eigenvalue weighted by molar-refractivity contribution is 1.20. The molecule has 0 amide bonds. The molecule has 3 N–H and O–H groups in total. The van der Waals surface area contributed by atoms with E-state index in [1.54, 1.807) is 6.20 Å². The van der Waals surface area contributed by atoms with E-state index >= 15 is 0 Å². The lowest BCUT2D eigenvalue weighted by atomic mass is 10.0. The molecule has 0 aromatic heterocycles. The van der Waals surface area contributed by atoms with Gasteiger partial charge in [-0.3, -0.25) is 0 Å². The monoisotopic (exact) mass is 228 g/mol. The molecule has 0 unspecified atom stereocenters. The summed E-state index contributed by atoms with van der Waals surface area (Å²) in [7, 11) is 0. The maximum absolute atomic E-state index is 5.28. The predicted molar refractivity (Wildman–Crippen MR) is 75.9 cm³/mol. The van der Waals surface area contributed by atoms with E-state index in [0.717, 1.165) is 17.7 Å². The first kappa shape index (κ1) is 13.1. The van der Waals surface area contributed by atoms with Crippen LogP contribution < -0.4 is 11.1 Å². The van der Waals surface area contributed by atoms with Crippen molar-refractivity contribution in [2.24, 2.45) is 5.73 Å². The maximum Gasteiger partial charge on any atom is 0.0380 e. The normalized spacial score (nSPS) is 11.8. The van der Waals surface area contributed by atoms with Crippen molar-refractivity contribution in [1.29, 1.82) is 0 Å². The van der Waals surface area contributed by atoms with E-state index < -0.39 is 0 Å². The van der Waals surface area contributed by atoms with Crippen LogP contribution in [0.3, 0.4) is 0 Å². The molecule has 2 heteroatoms. The van der Waals surface area contributed by atoms with Crippen molar-refractivity contribution in [1.82, 2.24) is 5.32 Å². The number of rotatable bonds is 5. The van der Waals surface area contributed by atoms with Gasteiger partial charge in [-0.1, -0.05) is 37.8 Å². The van der Waals surface area contributed by atoms with Gasteiger partial charge in [-0.2, -0.15) is 0 Å². The minimum Gasteiger partial charge on any atom is -0.403 e. The summed E-state index contributed by atoms with van der Waals surface area (Å²) in [6.45, 7) is 8.23. The summed E-state index contributed by atoms with van der Waals surface area (Å²) in [4.78, 5) is 0. The van der Waals surface area contributed by atoms with Crippen LogP contribution in [0.5, 0.6) is 0 Å². The van der Waals surface area contributed by atoms with Crippen molar-refractivity contribution in [2.75, 3.05) is 0 Å². The summed E-state index contributed by atoms with van der Waals surface area (Å²) in [5, 5.41) is 3.03. The first-order chi connectivity index (χ1) is 8.19. The molecule has 0 radical (unpaired) electrons. The molecular formula is C15H20N2. The van der Waals surface area contributed by atoms with Crippen LogP contribution in [0.15, 0.2) is 49.3 Å². The summed E-state index contributed by atoms with van der Waals surface area (Å²) < 4.78 is 0. The Labute approximate surface area is 104 Å². The van der Waals surface area contributed by atoms with Gasteiger partial charge in [0.15, 0.2) is 0 Å². The highest BCUT2D eigenvalue weighted by atomic mass is 14.9. The number of nitrogens with two attached hydrogens (primary N) is 1. The van der Waals surface area contributed by atoms with Gasteiger partial charge in [0.2, 0.25) is 0 Å². The second-order valence-electron chi connectivity index (χ2n) is 3.86. The van der Waals surface area contributed by atoms with Crippen LogP contribution in [0, 0.1) is 0 Å². The van der Waals surface area contributed by atoms with Crippen LogP contribution in [-0.4, -0.2) is 0 Å². The van der Waals surface area contributed by atoms with Crippen molar-refractivity contribution in [3.63, 3.8) is 0 Å². The lowest BCUT2D eigenvalue weighted by Crippen LogP contribution is -2.03. The number of hydrogen-bond donors (Lipinski definition) is 2. The topological polar surface area (TPSA) is 38.0 Å². The quantitative estimate of drug-likeness (QED) is 0.809. The molecule has 1 aromatic rings. The van der Waals surface area contributed by atoms with Gasteiger partial charge in [-0.05, 0) is 36.1 Å². The second-order valence-corrected chi connectivity index (χ2v) is 3.86. The molecule has 0 aliphatic heterocycles. The number of hydrogen-bond acceptors (Lipinski definition) is 2. The van der Waals surface area contributed by atoms with Gasteiger partial charge in [0.25, 0.3) is 0 Å². The highest BCUT2D eigenvalue weighted by Gasteiger charge is 2.00. The van der Waals surface area contributed by atoms with E-state index in [1.165, 1.54) is 17.3 Å². The zero-order chi connectivity index (χ0) is 12.7.